The van der Waals surface area contributed by atoms with Crippen LogP contribution < -0.4 is 10.1 Å². The number of hydrogen-bond donors (Lipinski definition) is 1. The van der Waals surface area contributed by atoms with Gasteiger partial charge < -0.3 is 14.8 Å². The van der Waals surface area contributed by atoms with Crippen molar-refractivity contribution >= 4 is 17.7 Å². The molecule has 4 atom stereocenters. The number of halogens is 1. The molecule has 1 aliphatic carbocycles. The number of amides is 1. The number of nitrogens with zero attached hydrogens (tertiary/aromatic N) is 2. The highest BCUT2D eigenvalue weighted by Gasteiger charge is 2.41. The molecule has 186 valence electrons. The molecular weight excluding hydrogens is 462 g/mol. The Morgan fingerprint density at radius 1 is 1.17 bits per heavy atom. The van der Waals surface area contributed by atoms with Gasteiger partial charge in [0.25, 0.3) is 0 Å². The van der Waals surface area contributed by atoms with E-state index in [4.69, 9.17) is 26.3 Å². The van der Waals surface area contributed by atoms with Crippen LogP contribution in [0.4, 0.5) is 4.79 Å². The van der Waals surface area contributed by atoms with Crippen LogP contribution in [0.2, 0.25) is 5.02 Å². The molecule has 2 aromatic carbocycles. The van der Waals surface area contributed by atoms with Gasteiger partial charge in [0.15, 0.2) is 0 Å². The van der Waals surface area contributed by atoms with Crippen molar-refractivity contribution in [2.24, 2.45) is 0 Å². The maximum Gasteiger partial charge on any atom is 0.407 e. The third kappa shape index (κ3) is 6.68. The van der Waals surface area contributed by atoms with E-state index in [0.29, 0.717) is 22.3 Å². The first-order valence-electron chi connectivity index (χ1n) is 12.4. The molecule has 1 N–H and O–H groups in total. The lowest BCUT2D eigenvalue weighted by Gasteiger charge is -2.39. The third-order valence-corrected chi connectivity index (χ3v) is 7.02. The number of carbonyl (C=O) groups is 1. The quantitative estimate of drug-likeness (QED) is 0.559. The monoisotopic (exact) mass is 495 g/mol. The number of rotatable bonds is 5. The Kier molecular flexibility index (Phi) is 7.88. The molecule has 0 spiro atoms. The van der Waals surface area contributed by atoms with Crippen molar-refractivity contribution in [2.45, 2.75) is 76.2 Å². The Bertz CT molecular complexity index is 1060. The number of carbonyl (C=O) groups excluding carboxylic acids is 1. The van der Waals surface area contributed by atoms with E-state index in [-0.39, 0.29) is 24.3 Å². The predicted molar refractivity (Wildman–Crippen MR) is 137 cm³/mol. The van der Waals surface area contributed by atoms with Gasteiger partial charge in [0.1, 0.15) is 17.5 Å². The van der Waals surface area contributed by atoms with E-state index in [0.717, 1.165) is 38.8 Å². The summed E-state index contributed by atoms with van der Waals surface area (Å²) in [5.41, 5.74) is 1.31. The topological polar surface area (TPSA) is 74.6 Å². The van der Waals surface area contributed by atoms with E-state index in [2.05, 4.69) is 40.6 Å². The predicted octanol–water partition coefficient (Wildman–Crippen LogP) is 5.89. The van der Waals surface area contributed by atoms with Gasteiger partial charge >= 0.3 is 6.09 Å². The molecule has 1 amide bonds. The Labute approximate surface area is 213 Å². The molecule has 0 aromatic heterocycles. The second kappa shape index (κ2) is 10.9. The molecule has 35 heavy (non-hydrogen) atoms. The van der Waals surface area contributed by atoms with Crippen LogP contribution in [0.1, 0.15) is 63.5 Å². The van der Waals surface area contributed by atoms with E-state index < -0.39 is 5.60 Å². The van der Waals surface area contributed by atoms with Crippen LogP contribution in [0, 0.1) is 11.3 Å². The van der Waals surface area contributed by atoms with Crippen LogP contribution >= 0.6 is 11.6 Å². The highest BCUT2D eigenvalue weighted by molar-refractivity contribution is 6.32. The largest absolute Gasteiger partial charge is 0.487 e. The lowest BCUT2D eigenvalue weighted by Crippen LogP contribution is -2.54. The van der Waals surface area contributed by atoms with Gasteiger partial charge in [-0.2, -0.15) is 5.26 Å². The number of nitrogens with one attached hydrogen (secondary N) is 1. The molecule has 1 heterocycles. The molecule has 2 aromatic rings. The summed E-state index contributed by atoms with van der Waals surface area (Å²) in [5.74, 6) is 0.984. The van der Waals surface area contributed by atoms with Crippen molar-refractivity contribution < 1.29 is 14.3 Å². The van der Waals surface area contributed by atoms with E-state index in [1.165, 1.54) is 5.56 Å². The number of benzene rings is 2. The summed E-state index contributed by atoms with van der Waals surface area (Å²) < 4.78 is 12.0. The van der Waals surface area contributed by atoms with Crippen LogP contribution in [0.15, 0.2) is 48.5 Å². The average molecular weight is 496 g/mol. The molecule has 2 fully saturated rings. The van der Waals surface area contributed by atoms with E-state index in [1.54, 1.807) is 18.2 Å². The Hall–Kier alpha value is -2.75. The zero-order valence-corrected chi connectivity index (χ0v) is 21.4. The summed E-state index contributed by atoms with van der Waals surface area (Å²) in [6.45, 7) is 7.33. The number of hydrogen-bond acceptors (Lipinski definition) is 5. The summed E-state index contributed by atoms with van der Waals surface area (Å²) in [6.07, 6.45) is 3.36. The highest BCUT2D eigenvalue weighted by Crippen LogP contribution is 2.41. The van der Waals surface area contributed by atoms with Crippen LogP contribution in [0.25, 0.3) is 0 Å². The van der Waals surface area contributed by atoms with Gasteiger partial charge in [-0.1, -0.05) is 41.9 Å². The van der Waals surface area contributed by atoms with Crippen LogP contribution in [-0.4, -0.2) is 47.9 Å². The van der Waals surface area contributed by atoms with Gasteiger partial charge in [-0.15, -0.1) is 0 Å². The Morgan fingerprint density at radius 2 is 1.94 bits per heavy atom. The molecule has 1 saturated carbocycles. The molecular formula is C28H34ClN3O3. The molecule has 6 nitrogen and oxygen atoms in total. The van der Waals surface area contributed by atoms with Crippen molar-refractivity contribution in [1.29, 1.82) is 5.26 Å². The summed E-state index contributed by atoms with van der Waals surface area (Å²) >= 11 is 6.46. The minimum absolute atomic E-state index is 0.0357. The maximum atomic E-state index is 12.4. The van der Waals surface area contributed by atoms with Crippen LogP contribution in [-0.2, 0) is 4.74 Å². The normalized spacial score (nSPS) is 25.0. The molecule has 1 aliphatic heterocycles. The fraction of sp³-hybridized carbons (Fsp3) is 0.500. The standard InChI is InChI=1S/C28H34ClN3O3/c1-28(2,3)35-27(33)31-22-10-7-13-32(18-22)24-15-21(20-8-5-4-6-9-20)16-26(24)34-25-12-11-19(17-30)14-23(25)29/h4-6,8-9,11-12,14,21-22,24,26H,7,10,13,15-16,18H2,1-3H3,(H,31,33)/t21?,22-,24?,26?/m1/s1. The van der Waals surface area contributed by atoms with Crippen molar-refractivity contribution in [3.05, 3.63) is 64.7 Å². The smallest absolute Gasteiger partial charge is 0.407 e. The van der Waals surface area contributed by atoms with Crippen LogP contribution in [0.5, 0.6) is 5.75 Å². The molecule has 4 rings (SSSR count). The van der Waals surface area contributed by atoms with Crippen molar-refractivity contribution in [1.82, 2.24) is 10.2 Å². The average Bonchev–Trinajstić information content (AvgIpc) is 3.24. The van der Waals surface area contributed by atoms with Crippen LogP contribution in [0.3, 0.4) is 0 Å². The molecule has 7 heteroatoms. The van der Waals surface area contributed by atoms with Gasteiger partial charge in [-0.25, -0.2) is 4.79 Å². The number of likely N-dealkylation sites (tertiary alicyclic amines) is 1. The third-order valence-electron chi connectivity index (χ3n) is 6.72. The van der Waals surface area contributed by atoms with Crippen molar-refractivity contribution in [3.8, 4) is 11.8 Å². The second-order valence-corrected chi connectivity index (χ2v) is 10.9. The molecule has 1 saturated heterocycles. The van der Waals surface area contributed by atoms with E-state index in [1.807, 2.05) is 26.8 Å². The van der Waals surface area contributed by atoms with Gasteiger partial charge in [0.2, 0.25) is 0 Å². The lowest BCUT2D eigenvalue weighted by atomic mass is 9.97. The molecule has 0 bridgehead atoms. The molecule has 0 radical (unpaired) electrons. The lowest BCUT2D eigenvalue weighted by molar-refractivity contribution is 0.0389. The maximum absolute atomic E-state index is 12.4. The van der Waals surface area contributed by atoms with Crippen molar-refractivity contribution in [3.63, 3.8) is 0 Å². The first-order valence-corrected chi connectivity index (χ1v) is 12.7. The highest BCUT2D eigenvalue weighted by atomic mass is 35.5. The number of piperidine rings is 1. The van der Waals surface area contributed by atoms with Gasteiger partial charge in [-0.3, -0.25) is 4.90 Å². The summed E-state index contributed by atoms with van der Waals surface area (Å²) in [7, 11) is 0. The number of alkyl carbamates (subject to hydrolysis) is 1. The first kappa shape index (κ1) is 25.3. The zero-order chi connectivity index (χ0) is 25.0. The SMILES string of the molecule is CC(C)(C)OC(=O)N[C@@H]1CCCN(C2CC(c3ccccc3)CC2Oc2ccc(C#N)cc2Cl)C1. The van der Waals surface area contributed by atoms with E-state index in [9.17, 15) is 4.79 Å². The summed E-state index contributed by atoms with van der Waals surface area (Å²) in [5, 5.41) is 12.7. The minimum Gasteiger partial charge on any atom is -0.487 e. The number of nitriles is 1. The summed E-state index contributed by atoms with van der Waals surface area (Å²) in [6, 6.07) is 18.1. The second-order valence-electron chi connectivity index (χ2n) is 10.5. The fourth-order valence-corrected chi connectivity index (χ4v) is 5.44. The molecule has 3 unspecified atom stereocenters. The minimum atomic E-state index is -0.522. The fourth-order valence-electron chi connectivity index (χ4n) is 5.21. The van der Waals surface area contributed by atoms with Gasteiger partial charge in [0, 0.05) is 18.6 Å². The first-order chi connectivity index (χ1) is 16.7. The number of ether oxygens (including phenoxy) is 2. The Morgan fingerprint density at radius 3 is 2.63 bits per heavy atom. The van der Waals surface area contributed by atoms with Gasteiger partial charge in [0.05, 0.1) is 16.7 Å². The molecule has 2 aliphatic rings. The Balaban J connectivity index is 1.50. The summed E-state index contributed by atoms with van der Waals surface area (Å²) in [4.78, 5) is 14.8. The van der Waals surface area contributed by atoms with Gasteiger partial charge in [-0.05, 0) is 82.7 Å². The van der Waals surface area contributed by atoms with Crippen molar-refractivity contribution in [2.75, 3.05) is 13.1 Å². The zero-order valence-electron chi connectivity index (χ0n) is 20.7. The van der Waals surface area contributed by atoms with E-state index >= 15 is 0 Å².